The van der Waals surface area contributed by atoms with E-state index in [-0.39, 0.29) is 0 Å². The summed E-state index contributed by atoms with van der Waals surface area (Å²) in [5.74, 6) is 0.449. The Balaban J connectivity index is 1.99. The summed E-state index contributed by atoms with van der Waals surface area (Å²) < 4.78 is 29.6. The minimum Gasteiger partial charge on any atom is -0.330 e. The monoisotopic (exact) mass is 301 g/mol. The molecule has 0 radical (unpaired) electrons. The van der Waals surface area contributed by atoms with Gasteiger partial charge in [0.25, 0.3) is 10.2 Å². The Bertz CT molecular complexity index is 534. The first-order valence-corrected chi connectivity index (χ1v) is 8.22. The van der Waals surface area contributed by atoms with Crippen LogP contribution in [0, 0.1) is 5.92 Å². The van der Waals surface area contributed by atoms with Crippen LogP contribution < -0.4 is 5.73 Å². The Hall–Kier alpha value is -0.960. The highest BCUT2D eigenvalue weighted by atomic mass is 32.2. The van der Waals surface area contributed by atoms with Gasteiger partial charge in [0, 0.05) is 45.5 Å². The first-order valence-electron chi connectivity index (χ1n) is 6.82. The van der Waals surface area contributed by atoms with Crippen molar-refractivity contribution in [3.63, 3.8) is 0 Å². The fourth-order valence-electron chi connectivity index (χ4n) is 2.47. The molecule has 2 rings (SSSR count). The summed E-state index contributed by atoms with van der Waals surface area (Å²) in [5.41, 5.74) is 6.52. The molecule has 7 nitrogen and oxygen atoms in total. The minimum atomic E-state index is -3.39. The zero-order valence-electron chi connectivity index (χ0n) is 12.1. The molecule has 0 unspecified atom stereocenters. The quantitative estimate of drug-likeness (QED) is 0.814. The average Bonchev–Trinajstić information content (AvgIpc) is 2.84. The number of hydrogen-bond acceptors (Lipinski definition) is 4. The van der Waals surface area contributed by atoms with Crippen molar-refractivity contribution in [3.8, 4) is 0 Å². The second-order valence-corrected chi connectivity index (χ2v) is 7.40. The Kier molecular flexibility index (Phi) is 4.79. The molecule has 20 heavy (non-hydrogen) atoms. The van der Waals surface area contributed by atoms with Crippen molar-refractivity contribution in [2.45, 2.75) is 19.4 Å². The van der Waals surface area contributed by atoms with E-state index in [9.17, 15) is 8.42 Å². The van der Waals surface area contributed by atoms with Crippen molar-refractivity contribution in [3.05, 3.63) is 18.0 Å². The predicted molar refractivity (Wildman–Crippen MR) is 76.9 cm³/mol. The molecule has 1 aliphatic heterocycles. The van der Waals surface area contributed by atoms with E-state index in [4.69, 9.17) is 5.73 Å². The van der Waals surface area contributed by atoms with Gasteiger partial charge in [-0.25, -0.2) is 0 Å². The number of hydrogen-bond donors (Lipinski definition) is 1. The molecule has 2 N–H and O–H groups in total. The summed E-state index contributed by atoms with van der Waals surface area (Å²) in [6, 6.07) is 0. The smallest absolute Gasteiger partial charge is 0.282 e. The van der Waals surface area contributed by atoms with Gasteiger partial charge < -0.3 is 5.73 Å². The lowest BCUT2D eigenvalue weighted by Gasteiger charge is -2.33. The lowest BCUT2D eigenvalue weighted by atomic mass is 9.99. The van der Waals surface area contributed by atoms with E-state index in [0.29, 0.717) is 32.1 Å². The van der Waals surface area contributed by atoms with E-state index in [0.717, 1.165) is 18.4 Å². The zero-order valence-corrected chi connectivity index (χ0v) is 12.9. The molecule has 1 aromatic heterocycles. The maximum atomic E-state index is 12.5. The van der Waals surface area contributed by atoms with Gasteiger partial charge in [-0.15, -0.1) is 0 Å². The fraction of sp³-hybridized carbons (Fsp3) is 0.750. The lowest BCUT2D eigenvalue weighted by Crippen LogP contribution is -2.46. The van der Waals surface area contributed by atoms with Crippen LogP contribution in [0.15, 0.2) is 12.4 Å². The van der Waals surface area contributed by atoms with E-state index < -0.39 is 10.2 Å². The van der Waals surface area contributed by atoms with E-state index in [1.54, 1.807) is 22.2 Å². The predicted octanol–water partition coefficient (Wildman–Crippen LogP) is -0.233. The first kappa shape index (κ1) is 15.4. The molecule has 0 aromatic carbocycles. The van der Waals surface area contributed by atoms with E-state index in [2.05, 4.69) is 5.10 Å². The largest absolute Gasteiger partial charge is 0.330 e. The summed E-state index contributed by atoms with van der Waals surface area (Å²) >= 11 is 0. The van der Waals surface area contributed by atoms with Crippen molar-refractivity contribution in [2.24, 2.45) is 18.7 Å². The molecule has 1 saturated heterocycles. The maximum Gasteiger partial charge on any atom is 0.282 e. The molecular weight excluding hydrogens is 278 g/mol. The zero-order chi connectivity index (χ0) is 14.8. The van der Waals surface area contributed by atoms with Gasteiger partial charge >= 0.3 is 0 Å². The number of aromatic nitrogens is 2. The Morgan fingerprint density at radius 3 is 2.60 bits per heavy atom. The van der Waals surface area contributed by atoms with Crippen molar-refractivity contribution >= 4 is 10.2 Å². The van der Waals surface area contributed by atoms with Crippen LogP contribution in [0.3, 0.4) is 0 Å². The SMILES string of the molecule is CN(Cc1cnn(C)c1)S(=O)(=O)N1CCC(CN)CC1. The summed E-state index contributed by atoms with van der Waals surface area (Å²) in [7, 11) is 0.0298. The molecule has 8 heteroatoms. The molecule has 0 bridgehead atoms. The summed E-state index contributed by atoms with van der Waals surface area (Å²) in [6.45, 7) is 2.09. The van der Waals surface area contributed by atoms with E-state index >= 15 is 0 Å². The van der Waals surface area contributed by atoms with Gasteiger partial charge in [0.2, 0.25) is 0 Å². The number of piperidine rings is 1. The van der Waals surface area contributed by atoms with Crippen LogP contribution in [0.4, 0.5) is 0 Å². The van der Waals surface area contributed by atoms with Gasteiger partial charge in [-0.2, -0.15) is 22.1 Å². The molecule has 2 heterocycles. The molecule has 0 atom stereocenters. The third-order valence-electron chi connectivity index (χ3n) is 3.79. The highest BCUT2D eigenvalue weighted by Crippen LogP contribution is 2.20. The lowest BCUT2D eigenvalue weighted by molar-refractivity contribution is 0.262. The van der Waals surface area contributed by atoms with E-state index in [1.807, 2.05) is 13.2 Å². The third kappa shape index (κ3) is 3.38. The van der Waals surface area contributed by atoms with E-state index in [1.165, 1.54) is 4.31 Å². The Labute approximate surface area is 120 Å². The highest BCUT2D eigenvalue weighted by Gasteiger charge is 2.30. The van der Waals surface area contributed by atoms with Gasteiger partial charge in [-0.1, -0.05) is 0 Å². The molecule has 1 aromatic rings. The van der Waals surface area contributed by atoms with Crippen molar-refractivity contribution in [1.29, 1.82) is 0 Å². The topological polar surface area (TPSA) is 84.5 Å². The standard InChI is InChI=1S/C12H23N5O2S/c1-15-9-12(8-14-15)10-16(2)20(18,19)17-5-3-11(7-13)4-6-17/h8-9,11H,3-7,10,13H2,1-2H3. The molecule has 0 spiro atoms. The van der Waals surface area contributed by atoms with Crippen LogP contribution in [0.25, 0.3) is 0 Å². The third-order valence-corrected chi connectivity index (χ3v) is 5.73. The summed E-state index contributed by atoms with van der Waals surface area (Å²) in [6.07, 6.45) is 5.20. The molecule has 0 aliphatic carbocycles. The summed E-state index contributed by atoms with van der Waals surface area (Å²) in [4.78, 5) is 0. The molecule has 0 saturated carbocycles. The number of nitrogens with zero attached hydrogens (tertiary/aromatic N) is 4. The molecule has 114 valence electrons. The molecule has 1 fully saturated rings. The average molecular weight is 301 g/mol. The normalized spacial score (nSPS) is 18.8. The Morgan fingerprint density at radius 1 is 1.45 bits per heavy atom. The van der Waals surface area contributed by atoms with Crippen LogP contribution in [-0.4, -0.2) is 53.5 Å². The second kappa shape index (κ2) is 6.21. The van der Waals surface area contributed by atoms with Gasteiger partial charge in [0.1, 0.15) is 0 Å². The van der Waals surface area contributed by atoms with Gasteiger partial charge in [0.05, 0.1) is 6.20 Å². The van der Waals surface area contributed by atoms with Crippen molar-refractivity contribution in [2.75, 3.05) is 26.7 Å². The van der Waals surface area contributed by atoms with Crippen LogP contribution in [-0.2, 0) is 23.8 Å². The van der Waals surface area contributed by atoms with Gasteiger partial charge in [0.15, 0.2) is 0 Å². The van der Waals surface area contributed by atoms with Crippen LogP contribution in [0.2, 0.25) is 0 Å². The maximum absolute atomic E-state index is 12.5. The van der Waals surface area contributed by atoms with Gasteiger partial charge in [-0.05, 0) is 25.3 Å². The molecular formula is C12H23N5O2S. The number of nitrogens with two attached hydrogens (primary N) is 1. The number of rotatable bonds is 5. The fourth-order valence-corrected chi connectivity index (χ4v) is 3.84. The van der Waals surface area contributed by atoms with Crippen molar-refractivity contribution < 1.29 is 8.42 Å². The minimum absolute atomic E-state index is 0.340. The number of aryl methyl sites for hydroxylation is 1. The Morgan fingerprint density at radius 2 is 2.10 bits per heavy atom. The highest BCUT2D eigenvalue weighted by molar-refractivity contribution is 7.86. The molecule has 1 aliphatic rings. The van der Waals surface area contributed by atoms with Crippen LogP contribution >= 0.6 is 0 Å². The van der Waals surface area contributed by atoms with Crippen molar-refractivity contribution in [1.82, 2.24) is 18.4 Å². The first-order chi connectivity index (χ1) is 9.43. The van der Waals surface area contributed by atoms with Crippen LogP contribution in [0.1, 0.15) is 18.4 Å². The second-order valence-electron chi connectivity index (χ2n) is 5.36. The van der Waals surface area contributed by atoms with Gasteiger partial charge in [-0.3, -0.25) is 4.68 Å². The molecule has 0 amide bonds. The van der Waals surface area contributed by atoms with Crippen LogP contribution in [0.5, 0.6) is 0 Å². The summed E-state index contributed by atoms with van der Waals surface area (Å²) in [5, 5.41) is 4.05.